The highest BCUT2D eigenvalue weighted by Crippen LogP contribution is 2.21. The Bertz CT molecular complexity index is 313. The van der Waals surface area contributed by atoms with Gasteiger partial charge < -0.3 is 5.11 Å². The molecule has 0 fully saturated rings. The van der Waals surface area contributed by atoms with Crippen LogP contribution >= 0.6 is 0 Å². The van der Waals surface area contributed by atoms with Crippen LogP contribution in [0.2, 0.25) is 0 Å². The second-order valence-electron chi connectivity index (χ2n) is 2.95. The van der Waals surface area contributed by atoms with Gasteiger partial charge >= 0.3 is 0 Å². The largest absolute Gasteiger partial charge is 0.384 e. The molecule has 0 aliphatic carbocycles. The van der Waals surface area contributed by atoms with Crippen molar-refractivity contribution >= 4 is 0 Å². The molecule has 1 aromatic rings. The lowest BCUT2D eigenvalue weighted by atomic mass is 10.0. The minimum atomic E-state index is -1.01. The van der Waals surface area contributed by atoms with Crippen LogP contribution in [0.1, 0.15) is 18.6 Å². The molecule has 0 aromatic heterocycles. The van der Waals surface area contributed by atoms with Gasteiger partial charge in [-0.2, -0.15) is 0 Å². The van der Waals surface area contributed by atoms with E-state index in [1.165, 1.54) is 0 Å². The van der Waals surface area contributed by atoms with Crippen LogP contribution in [-0.2, 0) is 0 Å². The van der Waals surface area contributed by atoms with E-state index >= 15 is 0 Å². The maximum atomic E-state index is 12.7. The average Bonchev–Trinajstić information content (AvgIpc) is 2.01. The summed E-state index contributed by atoms with van der Waals surface area (Å²) in [5.41, 5.74) is 0.634. The number of halogens is 2. The number of hydrogen-bond acceptors (Lipinski definition) is 1. The smallest absolute Gasteiger partial charge is 0.126 e. The number of rotatable bonds is 2. The van der Waals surface area contributed by atoms with Crippen molar-refractivity contribution < 1.29 is 13.9 Å². The molecule has 1 atom stereocenters. The van der Waals surface area contributed by atoms with Gasteiger partial charge in [0.1, 0.15) is 11.6 Å². The van der Waals surface area contributed by atoms with Crippen LogP contribution in [0.25, 0.3) is 0 Å². The van der Waals surface area contributed by atoms with Crippen molar-refractivity contribution in [1.29, 1.82) is 0 Å². The first-order valence-corrected chi connectivity index (χ1v) is 3.80. The third-order valence-corrected chi connectivity index (χ3v) is 1.67. The fraction of sp³-hybridized carbons (Fsp3) is 0.200. The Balaban J connectivity index is 3.07. The van der Waals surface area contributed by atoms with Crippen molar-refractivity contribution in [3.63, 3.8) is 0 Å². The Morgan fingerprint density at radius 3 is 2.15 bits per heavy atom. The summed E-state index contributed by atoms with van der Waals surface area (Å²) in [5, 5.41) is 9.41. The third-order valence-electron chi connectivity index (χ3n) is 1.67. The Morgan fingerprint density at radius 2 is 1.77 bits per heavy atom. The summed E-state index contributed by atoms with van der Waals surface area (Å²) in [6, 6.07) is 2.93. The van der Waals surface area contributed by atoms with E-state index in [0.717, 1.165) is 18.2 Å². The molecular weight excluding hydrogens is 174 g/mol. The van der Waals surface area contributed by atoms with Gasteiger partial charge in [-0.1, -0.05) is 6.58 Å². The first-order chi connectivity index (χ1) is 6.00. The molecule has 3 heteroatoms. The molecule has 1 N–H and O–H groups in total. The van der Waals surface area contributed by atoms with Crippen molar-refractivity contribution in [2.75, 3.05) is 0 Å². The molecule has 0 spiro atoms. The van der Waals surface area contributed by atoms with Gasteiger partial charge in [0.2, 0.25) is 0 Å². The summed E-state index contributed by atoms with van der Waals surface area (Å²) in [6.07, 6.45) is -1.01. The molecular formula is C10H10F2O. The van der Waals surface area contributed by atoms with Gasteiger partial charge in [-0.15, -0.1) is 0 Å². The molecule has 0 aliphatic rings. The molecule has 0 bridgehead atoms. The normalized spacial score (nSPS) is 12.6. The minimum Gasteiger partial charge on any atom is -0.384 e. The second kappa shape index (κ2) is 3.66. The van der Waals surface area contributed by atoms with Crippen LogP contribution in [-0.4, -0.2) is 5.11 Å². The zero-order valence-corrected chi connectivity index (χ0v) is 7.22. The zero-order valence-electron chi connectivity index (χ0n) is 7.22. The Labute approximate surface area is 75.3 Å². The molecule has 1 aromatic carbocycles. The monoisotopic (exact) mass is 184 g/mol. The van der Waals surface area contributed by atoms with E-state index in [0.29, 0.717) is 5.57 Å². The molecule has 1 rings (SSSR count). The fourth-order valence-corrected chi connectivity index (χ4v) is 1.02. The van der Waals surface area contributed by atoms with E-state index in [9.17, 15) is 13.9 Å². The summed E-state index contributed by atoms with van der Waals surface area (Å²) < 4.78 is 25.3. The summed E-state index contributed by atoms with van der Waals surface area (Å²) in [4.78, 5) is 0. The number of hydrogen-bond donors (Lipinski definition) is 1. The van der Waals surface area contributed by atoms with E-state index < -0.39 is 17.7 Å². The predicted molar refractivity (Wildman–Crippen MR) is 46.1 cm³/mol. The highest BCUT2D eigenvalue weighted by molar-refractivity contribution is 5.25. The number of benzene rings is 1. The number of aliphatic hydroxyl groups excluding tert-OH is 1. The van der Waals surface area contributed by atoms with Crippen molar-refractivity contribution in [1.82, 2.24) is 0 Å². The predicted octanol–water partition coefficient (Wildman–Crippen LogP) is 2.57. The van der Waals surface area contributed by atoms with Crippen molar-refractivity contribution in [2.45, 2.75) is 13.0 Å². The molecule has 0 heterocycles. The fourth-order valence-electron chi connectivity index (χ4n) is 1.02. The van der Waals surface area contributed by atoms with Crippen LogP contribution in [0.4, 0.5) is 8.78 Å². The number of aliphatic hydroxyl groups is 1. The summed E-state index contributed by atoms with van der Waals surface area (Å²) in [6.45, 7) is 5.09. The van der Waals surface area contributed by atoms with Crippen LogP contribution < -0.4 is 0 Å². The zero-order chi connectivity index (χ0) is 10.0. The highest BCUT2D eigenvalue weighted by atomic mass is 19.1. The molecule has 70 valence electrons. The lowest BCUT2D eigenvalue weighted by molar-refractivity contribution is 0.215. The molecule has 0 radical (unpaired) electrons. The first kappa shape index (κ1) is 9.86. The Morgan fingerprint density at radius 1 is 1.31 bits per heavy atom. The molecule has 0 saturated carbocycles. The summed E-state index contributed by atoms with van der Waals surface area (Å²) in [7, 11) is 0. The van der Waals surface area contributed by atoms with Gasteiger partial charge in [-0.3, -0.25) is 0 Å². The SMILES string of the molecule is C=C(C)C(O)c1cc(F)cc(F)c1. The van der Waals surface area contributed by atoms with Gasteiger partial charge in [-0.25, -0.2) is 8.78 Å². The molecule has 0 amide bonds. The van der Waals surface area contributed by atoms with Crippen LogP contribution in [0, 0.1) is 11.6 Å². The highest BCUT2D eigenvalue weighted by Gasteiger charge is 2.10. The van der Waals surface area contributed by atoms with Gasteiger partial charge in [0, 0.05) is 6.07 Å². The standard InChI is InChI=1S/C10H10F2O/c1-6(2)10(13)7-3-8(11)5-9(12)4-7/h3-5,10,13H,1H2,2H3. The van der Waals surface area contributed by atoms with Crippen LogP contribution in [0.5, 0.6) is 0 Å². The van der Waals surface area contributed by atoms with Gasteiger partial charge in [0.15, 0.2) is 0 Å². The maximum Gasteiger partial charge on any atom is 0.126 e. The molecule has 1 unspecified atom stereocenters. The maximum absolute atomic E-state index is 12.7. The van der Waals surface area contributed by atoms with Crippen molar-refractivity contribution in [3.8, 4) is 0 Å². The lowest BCUT2D eigenvalue weighted by Gasteiger charge is -2.10. The average molecular weight is 184 g/mol. The topological polar surface area (TPSA) is 20.2 Å². The van der Waals surface area contributed by atoms with Crippen molar-refractivity contribution in [3.05, 3.63) is 47.5 Å². The third kappa shape index (κ3) is 2.36. The Kier molecular flexibility index (Phi) is 2.78. The van der Waals surface area contributed by atoms with Crippen molar-refractivity contribution in [2.24, 2.45) is 0 Å². The van der Waals surface area contributed by atoms with Gasteiger partial charge in [0.25, 0.3) is 0 Å². The molecule has 0 saturated heterocycles. The van der Waals surface area contributed by atoms with Gasteiger partial charge in [0.05, 0.1) is 6.10 Å². The van der Waals surface area contributed by atoms with Crippen LogP contribution in [0.3, 0.4) is 0 Å². The summed E-state index contributed by atoms with van der Waals surface area (Å²) in [5.74, 6) is -1.40. The second-order valence-corrected chi connectivity index (χ2v) is 2.95. The van der Waals surface area contributed by atoms with E-state index in [-0.39, 0.29) is 5.56 Å². The molecule has 0 aliphatic heterocycles. The minimum absolute atomic E-state index is 0.185. The molecule has 13 heavy (non-hydrogen) atoms. The van der Waals surface area contributed by atoms with Gasteiger partial charge in [-0.05, 0) is 30.2 Å². The van der Waals surface area contributed by atoms with E-state index in [1.54, 1.807) is 6.92 Å². The van der Waals surface area contributed by atoms with E-state index in [2.05, 4.69) is 6.58 Å². The van der Waals surface area contributed by atoms with E-state index in [4.69, 9.17) is 0 Å². The quantitative estimate of drug-likeness (QED) is 0.700. The van der Waals surface area contributed by atoms with E-state index in [1.807, 2.05) is 0 Å². The molecule has 1 nitrogen and oxygen atoms in total. The summed E-state index contributed by atoms with van der Waals surface area (Å²) >= 11 is 0. The Hall–Kier alpha value is -1.22. The first-order valence-electron chi connectivity index (χ1n) is 3.80. The van der Waals surface area contributed by atoms with Crippen LogP contribution in [0.15, 0.2) is 30.4 Å². The lowest BCUT2D eigenvalue weighted by Crippen LogP contribution is -1.99.